The zero-order chi connectivity index (χ0) is 22.4. The molecule has 8 heteroatoms. The molecule has 0 radical (unpaired) electrons. The lowest BCUT2D eigenvalue weighted by Gasteiger charge is -2.07. The molecule has 1 aromatic heterocycles. The summed E-state index contributed by atoms with van der Waals surface area (Å²) in [4.78, 5) is 38.5. The molecule has 0 aliphatic rings. The monoisotopic (exact) mass is 457 g/mol. The molecular formula is C23H23NO5S2. The zero-order valence-electron chi connectivity index (χ0n) is 17.5. The van der Waals surface area contributed by atoms with Gasteiger partial charge in [-0.25, -0.2) is 9.59 Å². The van der Waals surface area contributed by atoms with E-state index in [1.807, 2.05) is 42.5 Å². The van der Waals surface area contributed by atoms with Crippen molar-refractivity contribution >= 4 is 56.7 Å². The number of hydrogen-bond donors (Lipinski definition) is 1. The lowest BCUT2D eigenvalue weighted by atomic mass is 10.1. The summed E-state index contributed by atoms with van der Waals surface area (Å²) in [7, 11) is 0. The van der Waals surface area contributed by atoms with Crippen LogP contribution in [-0.4, -0.2) is 36.8 Å². The molecule has 0 atom stereocenters. The van der Waals surface area contributed by atoms with Gasteiger partial charge in [0.25, 0.3) is 0 Å². The van der Waals surface area contributed by atoms with E-state index in [2.05, 4.69) is 5.32 Å². The van der Waals surface area contributed by atoms with Crippen molar-refractivity contribution in [1.29, 1.82) is 0 Å². The van der Waals surface area contributed by atoms with E-state index in [0.717, 1.165) is 27.0 Å². The van der Waals surface area contributed by atoms with Gasteiger partial charge in [-0.15, -0.1) is 23.1 Å². The number of carbonyl (C=O) groups is 3. The first-order valence-electron chi connectivity index (χ1n) is 9.83. The maximum atomic E-state index is 12.6. The molecule has 0 unspecified atom stereocenters. The second-order valence-electron chi connectivity index (χ2n) is 6.55. The first-order chi connectivity index (χ1) is 14.9. The van der Waals surface area contributed by atoms with Gasteiger partial charge in [0.2, 0.25) is 5.91 Å². The van der Waals surface area contributed by atoms with E-state index < -0.39 is 11.9 Å². The van der Waals surface area contributed by atoms with Crippen molar-refractivity contribution in [3.05, 3.63) is 58.5 Å². The summed E-state index contributed by atoms with van der Waals surface area (Å²) in [6.07, 6.45) is 0. The second kappa shape index (κ2) is 10.5. The smallest absolute Gasteiger partial charge is 0.348 e. The fourth-order valence-corrected chi connectivity index (χ4v) is 4.86. The van der Waals surface area contributed by atoms with Crippen molar-refractivity contribution in [2.75, 3.05) is 24.3 Å². The number of ether oxygens (including phenoxy) is 2. The molecule has 0 saturated heterocycles. The number of rotatable bonds is 8. The van der Waals surface area contributed by atoms with E-state index in [9.17, 15) is 14.4 Å². The summed E-state index contributed by atoms with van der Waals surface area (Å²) in [6.45, 7) is 5.46. The Kier molecular flexibility index (Phi) is 7.70. The first-order valence-corrected chi connectivity index (χ1v) is 11.6. The lowest BCUT2D eigenvalue weighted by Crippen LogP contribution is -2.16. The van der Waals surface area contributed by atoms with Crippen LogP contribution < -0.4 is 5.32 Å². The number of nitrogens with one attached hydrogen (secondary N) is 1. The third-order valence-electron chi connectivity index (χ3n) is 4.43. The van der Waals surface area contributed by atoms with E-state index >= 15 is 0 Å². The molecule has 0 aliphatic heterocycles. The van der Waals surface area contributed by atoms with E-state index in [0.29, 0.717) is 10.6 Å². The number of hydrogen-bond acceptors (Lipinski definition) is 7. The van der Waals surface area contributed by atoms with Gasteiger partial charge in [0.05, 0.1) is 24.5 Å². The molecule has 0 fully saturated rings. The molecule has 6 nitrogen and oxygen atoms in total. The highest BCUT2D eigenvalue weighted by atomic mass is 32.2. The van der Waals surface area contributed by atoms with Crippen LogP contribution in [-0.2, 0) is 14.3 Å². The van der Waals surface area contributed by atoms with Gasteiger partial charge in [0.1, 0.15) is 9.88 Å². The van der Waals surface area contributed by atoms with Gasteiger partial charge in [-0.2, -0.15) is 0 Å². The van der Waals surface area contributed by atoms with Crippen LogP contribution in [0.4, 0.5) is 5.00 Å². The number of amides is 1. The first kappa shape index (κ1) is 22.8. The molecule has 162 valence electrons. The SMILES string of the molecule is CCOC(=O)c1sc(NC(=O)CSc2ccc3ccccc3c2)c(C(=O)OCC)c1C. The maximum absolute atomic E-state index is 12.6. The maximum Gasteiger partial charge on any atom is 0.348 e. The fourth-order valence-electron chi connectivity index (χ4n) is 3.01. The Hall–Kier alpha value is -2.84. The Balaban J connectivity index is 1.76. The average molecular weight is 458 g/mol. The van der Waals surface area contributed by atoms with Crippen molar-refractivity contribution in [3.8, 4) is 0 Å². The van der Waals surface area contributed by atoms with Gasteiger partial charge in [0, 0.05) is 4.90 Å². The van der Waals surface area contributed by atoms with Gasteiger partial charge < -0.3 is 14.8 Å². The summed E-state index contributed by atoms with van der Waals surface area (Å²) < 4.78 is 10.2. The largest absolute Gasteiger partial charge is 0.462 e. The summed E-state index contributed by atoms with van der Waals surface area (Å²) in [5, 5.41) is 5.30. The summed E-state index contributed by atoms with van der Waals surface area (Å²) in [5.74, 6) is -1.22. The normalized spacial score (nSPS) is 10.7. The van der Waals surface area contributed by atoms with Crippen molar-refractivity contribution < 1.29 is 23.9 Å². The molecule has 0 saturated carbocycles. The molecule has 0 bridgehead atoms. The van der Waals surface area contributed by atoms with E-state index in [4.69, 9.17) is 9.47 Å². The molecule has 3 rings (SSSR count). The highest BCUT2D eigenvalue weighted by Crippen LogP contribution is 2.34. The standard InChI is InChI=1S/C23H23NO5S2/c1-4-28-22(26)19-14(3)20(23(27)29-5-2)31-21(19)24-18(25)13-30-17-11-10-15-8-6-7-9-16(15)12-17/h6-12H,4-5,13H2,1-3H3,(H,24,25). The van der Waals surface area contributed by atoms with E-state index in [1.54, 1.807) is 20.8 Å². The molecule has 0 spiro atoms. The zero-order valence-corrected chi connectivity index (χ0v) is 19.2. The lowest BCUT2D eigenvalue weighted by molar-refractivity contribution is -0.113. The topological polar surface area (TPSA) is 81.7 Å². The van der Waals surface area contributed by atoms with Gasteiger partial charge in [-0.3, -0.25) is 4.79 Å². The molecule has 2 aromatic carbocycles. The Morgan fingerprint density at radius 1 is 0.968 bits per heavy atom. The van der Waals surface area contributed by atoms with Gasteiger partial charge in [-0.05, 0) is 49.2 Å². The third-order valence-corrected chi connectivity index (χ3v) is 6.61. The van der Waals surface area contributed by atoms with Crippen molar-refractivity contribution in [2.24, 2.45) is 0 Å². The van der Waals surface area contributed by atoms with Crippen molar-refractivity contribution in [2.45, 2.75) is 25.7 Å². The van der Waals surface area contributed by atoms with Crippen LogP contribution >= 0.6 is 23.1 Å². The number of fused-ring (bicyclic) bond motifs is 1. The summed E-state index contributed by atoms with van der Waals surface area (Å²) in [6, 6.07) is 14.0. The van der Waals surface area contributed by atoms with Crippen LogP contribution in [0.3, 0.4) is 0 Å². The minimum atomic E-state index is -0.579. The van der Waals surface area contributed by atoms with Crippen LogP contribution in [0.2, 0.25) is 0 Å². The second-order valence-corrected chi connectivity index (χ2v) is 8.62. The van der Waals surface area contributed by atoms with Gasteiger partial charge >= 0.3 is 11.9 Å². The molecule has 1 heterocycles. The summed E-state index contributed by atoms with van der Waals surface area (Å²) >= 11 is 2.42. The molecule has 1 N–H and O–H groups in total. The predicted octanol–water partition coefficient (Wildman–Crippen LogP) is 5.29. The van der Waals surface area contributed by atoms with Crippen LogP contribution in [0.5, 0.6) is 0 Å². The Morgan fingerprint density at radius 3 is 2.35 bits per heavy atom. The highest BCUT2D eigenvalue weighted by molar-refractivity contribution is 8.00. The number of anilines is 1. The quantitative estimate of drug-likeness (QED) is 0.365. The fraction of sp³-hybridized carbons (Fsp3) is 0.261. The Morgan fingerprint density at radius 2 is 1.65 bits per heavy atom. The molecule has 3 aromatic rings. The van der Waals surface area contributed by atoms with Gasteiger partial charge in [-0.1, -0.05) is 30.3 Å². The number of carbonyl (C=O) groups excluding carboxylic acids is 3. The molecular weight excluding hydrogens is 434 g/mol. The molecule has 0 aliphatic carbocycles. The van der Waals surface area contributed by atoms with Crippen LogP contribution in [0.1, 0.15) is 39.4 Å². The Bertz CT molecular complexity index is 1120. The molecule has 31 heavy (non-hydrogen) atoms. The third kappa shape index (κ3) is 5.45. The van der Waals surface area contributed by atoms with Gasteiger partial charge in [0.15, 0.2) is 0 Å². The minimum absolute atomic E-state index is 0.159. The number of esters is 2. The minimum Gasteiger partial charge on any atom is -0.462 e. The number of benzene rings is 2. The highest BCUT2D eigenvalue weighted by Gasteiger charge is 2.27. The van der Waals surface area contributed by atoms with Crippen LogP contribution in [0.15, 0.2) is 47.4 Å². The average Bonchev–Trinajstić information content (AvgIpc) is 3.08. The molecule has 1 amide bonds. The number of thiophene rings is 1. The van der Waals surface area contributed by atoms with Crippen molar-refractivity contribution in [1.82, 2.24) is 0 Å². The van der Waals surface area contributed by atoms with E-state index in [1.165, 1.54) is 11.8 Å². The predicted molar refractivity (Wildman–Crippen MR) is 124 cm³/mol. The Labute approximate surface area is 188 Å². The number of thioether (sulfide) groups is 1. The van der Waals surface area contributed by atoms with E-state index in [-0.39, 0.29) is 35.3 Å². The van der Waals surface area contributed by atoms with Crippen molar-refractivity contribution in [3.63, 3.8) is 0 Å². The summed E-state index contributed by atoms with van der Waals surface area (Å²) in [5.41, 5.74) is 0.637. The van der Waals surface area contributed by atoms with Crippen LogP contribution in [0.25, 0.3) is 10.8 Å². The van der Waals surface area contributed by atoms with Crippen LogP contribution in [0, 0.1) is 6.92 Å².